The van der Waals surface area contributed by atoms with Crippen molar-refractivity contribution < 1.29 is 29.0 Å². The minimum Gasteiger partial charge on any atom is -0.497 e. The highest BCUT2D eigenvalue weighted by Gasteiger charge is 2.12. The van der Waals surface area contributed by atoms with Gasteiger partial charge in [0.15, 0.2) is 0 Å². The van der Waals surface area contributed by atoms with E-state index in [0.717, 1.165) is 48.6 Å². The summed E-state index contributed by atoms with van der Waals surface area (Å²) in [5, 5.41) is 17.7. The van der Waals surface area contributed by atoms with Gasteiger partial charge in [0, 0.05) is 8.95 Å². The van der Waals surface area contributed by atoms with Crippen molar-refractivity contribution >= 4 is 55.8 Å². The van der Waals surface area contributed by atoms with Crippen molar-refractivity contribution in [3.63, 3.8) is 0 Å². The molecule has 8 nitrogen and oxygen atoms in total. The average molecular weight is 720 g/mol. The number of para-hydroxylation sites is 1. The van der Waals surface area contributed by atoms with Gasteiger partial charge in [0.1, 0.15) is 23.0 Å². The van der Waals surface area contributed by atoms with E-state index in [1.165, 1.54) is 5.56 Å². The lowest BCUT2D eigenvalue weighted by molar-refractivity contribution is 0.411. The molecule has 0 saturated carbocycles. The van der Waals surface area contributed by atoms with E-state index in [1.807, 2.05) is 82.3 Å². The van der Waals surface area contributed by atoms with Crippen LogP contribution in [-0.2, 0) is 0 Å². The number of hydrogen-bond acceptors (Lipinski definition) is 8. The maximum absolute atomic E-state index is 8.87. The fourth-order valence-electron chi connectivity index (χ4n) is 3.59. The molecule has 0 bridgehead atoms. The number of halogens is 2. The molecular weight excluding hydrogens is 679 g/mol. The first kappa shape index (κ1) is 37.7. The summed E-state index contributed by atoms with van der Waals surface area (Å²) in [7, 11) is 5.01. The molecule has 0 aromatic heterocycles. The number of rotatable bonds is 5. The van der Waals surface area contributed by atoms with Crippen LogP contribution in [0.25, 0.3) is 0 Å². The van der Waals surface area contributed by atoms with Gasteiger partial charge in [-0.3, -0.25) is 0 Å². The summed E-state index contributed by atoms with van der Waals surface area (Å²) in [6.07, 6.45) is 0. The molecule has 0 atom stereocenters. The molecule has 0 radical (unpaired) electrons. The van der Waals surface area contributed by atoms with Gasteiger partial charge in [0.05, 0.1) is 39.8 Å². The first-order valence-electron chi connectivity index (χ1n) is 13.1. The Morgan fingerprint density at radius 2 is 1.09 bits per heavy atom. The fraction of sp³-hybridized carbons (Fsp3) is 0.250. The van der Waals surface area contributed by atoms with Crippen molar-refractivity contribution in [1.82, 2.24) is 0 Å². The van der Waals surface area contributed by atoms with Crippen LogP contribution in [0.2, 0.25) is 0 Å². The Balaban J connectivity index is 0.000000287. The molecule has 4 aromatic rings. The van der Waals surface area contributed by atoms with Gasteiger partial charge in [-0.15, -0.1) is 0 Å². The van der Waals surface area contributed by atoms with Crippen molar-refractivity contribution in [2.24, 2.45) is 0 Å². The van der Waals surface area contributed by atoms with E-state index in [1.54, 1.807) is 40.6 Å². The number of nitrogens with two attached hydrogens (primary N) is 2. The summed E-state index contributed by atoms with van der Waals surface area (Å²) >= 11 is 6.73. The van der Waals surface area contributed by atoms with Gasteiger partial charge in [-0.2, -0.15) is 0 Å². The number of methoxy groups -OCH3 is 4. The molecule has 0 heterocycles. The Kier molecular flexibility index (Phi) is 16.6. The number of aryl methyl sites for hydroxylation is 4. The van der Waals surface area contributed by atoms with E-state index in [9.17, 15) is 0 Å². The van der Waals surface area contributed by atoms with Gasteiger partial charge >= 0.3 is 7.12 Å². The zero-order valence-electron chi connectivity index (χ0n) is 25.9. The van der Waals surface area contributed by atoms with Crippen LogP contribution >= 0.6 is 31.9 Å². The number of hydrogen-bond donors (Lipinski definition) is 4. The summed E-state index contributed by atoms with van der Waals surface area (Å²) in [4.78, 5) is 0. The van der Waals surface area contributed by atoms with Gasteiger partial charge in [-0.1, -0.05) is 50.1 Å². The van der Waals surface area contributed by atoms with Crippen molar-refractivity contribution in [1.29, 1.82) is 0 Å². The van der Waals surface area contributed by atoms with Crippen LogP contribution in [0.5, 0.6) is 23.0 Å². The molecule has 0 saturated heterocycles. The van der Waals surface area contributed by atoms with E-state index in [0.29, 0.717) is 16.9 Å². The minimum absolute atomic E-state index is 0.451. The van der Waals surface area contributed by atoms with Gasteiger partial charge in [0.25, 0.3) is 0 Å². The molecule has 0 amide bonds. The molecule has 4 rings (SSSR count). The molecule has 0 unspecified atom stereocenters. The van der Waals surface area contributed by atoms with Crippen LogP contribution in [-0.4, -0.2) is 45.6 Å². The molecule has 6 N–H and O–H groups in total. The number of ether oxygens (including phenoxy) is 4. The number of anilines is 2. The van der Waals surface area contributed by atoms with Gasteiger partial charge in [-0.25, -0.2) is 0 Å². The summed E-state index contributed by atoms with van der Waals surface area (Å²) in [5.41, 5.74) is 17.5. The Morgan fingerprint density at radius 3 is 1.58 bits per heavy atom. The SMILES string of the molecule is COc1cc(Br)cc(C)c1N.COc1cc(C)cc(B(O)O)c1.COc1cc(C)cc(Br)c1.COc1cccc(C)c1N. The molecule has 0 fully saturated rings. The summed E-state index contributed by atoms with van der Waals surface area (Å²) in [5.74, 6) is 3.00. The first-order chi connectivity index (χ1) is 20.3. The Hall–Kier alpha value is -3.38. The summed E-state index contributed by atoms with van der Waals surface area (Å²) < 4.78 is 22.1. The van der Waals surface area contributed by atoms with Crippen molar-refractivity contribution in [2.45, 2.75) is 27.7 Å². The molecule has 0 aliphatic heterocycles. The summed E-state index contributed by atoms with van der Waals surface area (Å²) in [6, 6.07) is 20.6. The van der Waals surface area contributed by atoms with Crippen molar-refractivity contribution in [3.8, 4) is 23.0 Å². The molecule has 0 spiro atoms. The van der Waals surface area contributed by atoms with Crippen LogP contribution in [0.15, 0.2) is 75.7 Å². The Morgan fingerprint density at radius 1 is 0.581 bits per heavy atom. The molecule has 4 aromatic carbocycles. The minimum atomic E-state index is -1.43. The van der Waals surface area contributed by atoms with Crippen molar-refractivity contribution in [3.05, 3.63) is 97.9 Å². The molecule has 0 aliphatic rings. The maximum atomic E-state index is 8.87. The molecule has 11 heteroatoms. The Labute approximate surface area is 272 Å². The fourth-order valence-corrected chi connectivity index (χ4v) is 4.73. The number of benzene rings is 4. The standard InChI is InChI=1S/C8H11BO3.C8H10BrNO.C8H9BrO.C8H11NO/c1-6-3-7(9(10)11)5-8(4-6)12-2;1-5-3-6(9)4-7(11-2)8(5)10;1-6-3-7(9)5-8(4-6)10-2;1-6-4-3-5-7(10-2)8(6)9/h3-5,10-11H,1-2H3;3-4H,10H2,1-2H3;3-5H,1-2H3;3-5H,9H2,1-2H3. The third-order valence-electron chi connectivity index (χ3n) is 5.90. The molecule has 0 aliphatic carbocycles. The molecular formula is C32H41BBr2N2O6. The normalized spacial score (nSPS) is 9.58. The zero-order chi connectivity index (χ0) is 32.7. The van der Waals surface area contributed by atoms with Crippen LogP contribution < -0.4 is 35.9 Å². The second-order valence-corrected chi connectivity index (χ2v) is 11.2. The highest BCUT2D eigenvalue weighted by atomic mass is 79.9. The third-order valence-corrected chi connectivity index (χ3v) is 6.81. The Bertz CT molecular complexity index is 1430. The largest absolute Gasteiger partial charge is 0.497 e. The first-order valence-corrected chi connectivity index (χ1v) is 14.7. The topological polar surface area (TPSA) is 129 Å². The average Bonchev–Trinajstić information content (AvgIpc) is 2.96. The zero-order valence-corrected chi connectivity index (χ0v) is 29.0. The van der Waals surface area contributed by atoms with Crippen LogP contribution in [0.1, 0.15) is 22.3 Å². The van der Waals surface area contributed by atoms with Crippen LogP contribution in [0.4, 0.5) is 11.4 Å². The number of nitrogen functional groups attached to an aromatic ring is 2. The molecule has 232 valence electrons. The van der Waals surface area contributed by atoms with E-state index in [4.69, 9.17) is 40.5 Å². The van der Waals surface area contributed by atoms with E-state index >= 15 is 0 Å². The highest BCUT2D eigenvalue weighted by Crippen LogP contribution is 2.29. The van der Waals surface area contributed by atoms with E-state index < -0.39 is 7.12 Å². The lowest BCUT2D eigenvalue weighted by Crippen LogP contribution is -2.29. The third kappa shape index (κ3) is 13.2. The predicted molar refractivity (Wildman–Crippen MR) is 185 cm³/mol. The lowest BCUT2D eigenvalue weighted by Gasteiger charge is -2.07. The van der Waals surface area contributed by atoms with Gasteiger partial charge in [0.2, 0.25) is 0 Å². The highest BCUT2D eigenvalue weighted by molar-refractivity contribution is 9.10. The van der Waals surface area contributed by atoms with Crippen molar-refractivity contribution in [2.75, 3.05) is 39.9 Å². The summed E-state index contributed by atoms with van der Waals surface area (Å²) in [6.45, 7) is 7.81. The van der Waals surface area contributed by atoms with Crippen LogP contribution in [0, 0.1) is 27.7 Å². The van der Waals surface area contributed by atoms with E-state index in [-0.39, 0.29) is 0 Å². The van der Waals surface area contributed by atoms with Crippen LogP contribution in [0.3, 0.4) is 0 Å². The smallest absolute Gasteiger partial charge is 0.488 e. The predicted octanol–water partition coefficient (Wildman–Crippen LogP) is 6.38. The second kappa shape index (κ2) is 19.0. The monoisotopic (exact) mass is 718 g/mol. The van der Waals surface area contributed by atoms with Gasteiger partial charge in [-0.05, 0) is 104 Å². The lowest BCUT2D eigenvalue weighted by atomic mass is 9.79. The molecule has 43 heavy (non-hydrogen) atoms. The quantitative estimate of drug-likeness (QED) is 0.138. The van der Waals surface area contributed by atoms with Gasteiger partial charge < -0.3 is 40.5 Å². The van der Waals surface area contributed by atoms with E-state index in [2.05, 4.69) is 31.9 Å². The maximum Gasteiger partial charge on any atom is 0.488 e. The second-order valence-electron chi connectivity index (χ2n) is 9.36.